The number of rotatable bonds is 8. The van der Waals surface area contributed by atoms with Gasteiger partial charge in [-0.05, 0) is 38.3 Å². The molecule has 0 spiro atoms. The van der Waals surface area contributed by atoms with Crippen LogP contribution in [0, 0.1) is 0 Å². The first-order valence-electron chi connectivity index (χ1n) is 7.53. The molecular formula is C17H24O4. The van der Waals surface area contributed by atoms with E-state index in [0.717, 1.165) is 24.8 Å². The van der Waals surface area contributed by atoms with Gasteiger partial charge in [0.2, 0.25) is 0 Å². The van der Waals surface area contributed by atoms with Crippen LogP contribution in [0.25, 0.3) is 0 Å². The summed E-state index contributed by atoms with van der Waals surface area (Å²) < 4.78 is 10.2. The van der Waals surface area contributed by atoms with Crippen LogP contribution in [0.2, 0.25) is 0 Å². The van der Waals surface area contributed by atoms with Crippen LogP contribution in [-0.2, 0) is 20.7 Å². The molecule has 0 bridgehead atoms. The Morgan fingerprint density at radius 3 is 2.57 bits per heavy atom. The number of carbonyl (C=O) groups is 2. The summed E-state index contributed by atoms with van der Waals surface area (Å²) >= 11 is 0. The summed E-state index contributed by atoms with van der Waals surface area (Å²) in [6, 6.07) is 7.46. The predicted octanol–water partition coefficient (Wildman–Crippen LogP) is 3.53. The highest BCUT2D eigenvalue weighted by atomic mass is 16.6. The van der Waals surface area contributed by atoms with Gasteiger partial charge in [0, 0.05) is 0 Å². The van der Waals surface area contributed by atoms with E-state index in [1.807, 2.05) is 18.2 Å². The van der Waals surface area contributed by atoms with Gasteiger partial charge in [-0.3, -0.25) is 4.79 Å². The molecule has 116 valence electrons. The van der Waals surface area contributed by atoms with Gasteiger partial charge in [0.15, 0.2) is 0 Å². The maximum Gasteiger partial charge on any atom is 0.338 e. The van der Waals surface area contributed by atoms with Crippen LogP contribution in [0.3, 0.4) is 0 Å². The number of carbonyl (C=O) groups excluding carboxylic acids is 2. The van der Waals surface area contributed by atoms with Crippen LogP contribution >= 0.6 is 0 Å². The summed E-state index contributed by atoms with van der Waals surface area (Å²) in [5, 5.41) is 0. The minimum absolute atomic E-state index is 0.0801. The predicted molar refractivity (Wildman–Crippen MR) is 81.2 cm³/mol. The van der Waals surface area contributed by atoms with Gasteiger partial charge in [-0.15, -0.1) is 0 Å². The second kappa shape index (κ2) is 9.16. The van der Waals surface area contributed by atoms with E-state index in [1.54, 1.807) is 19.9 Å². The number of hydrogen-bond acceptors (Lipinski definition) is 4. The summed E-state index contributed by atoms with van der Waals surface area (Å²) in [7, 11) is 0. The molecule has 0 fully saturated rings. The van der Waals surface area contributed by atoms with Crippen LogP contribution in [0.15, 0.2) is 24.3 Å². The van der Waals surface area contributed by atoms with Crippen LogP contribution in [-0.4, -0.2) is 24.6 Å². The quantitative estimate of drug-likeness (QED) is 0.688. The Morgan fingerprint density at radius 2 is 1.90 bits per heavy atom. The van der Waals surface area contributed by atoms with E-state index in [2.05, 4.69) is 6.92 Å². The third-order valence-corrected chi connectivity index (χ3v) is 3.10. The SMILES string of the molecule is CCCCc1ccccc1C(=O)OC(C)CC(=O)OCC. The summed E-state index contributed by atoms with van der Waals surface area (Å²) in [5.74, 6) is -0.726. The molecular weight excluding hydrogens is 268 g/mol. The minimum atomic E-state index is -0.490. The van der Waals surface area contributed by atoms with Crippen molar-refractivity contribution in [3.05, 3.63) is 35.4 Å². The monoisotopic (exact) mass is 292 g/mol. The maximum atomic E-state index is 12.2. The molecule has 0 heterocycles. The van der Waals surface area contributed by atoms with Crippen molar-refractivity contribution in [3.8, 4) is 0 Å². The minimum Gasteiger partial charge on any atom is -0.466 e. The van der Waals surface area contributed by atoms with E-state index in [4.69, 9.17) is 9.47 Å². The second-order valence-corrected chi connectivity index (χ2v) is 4.99. The number of aryl methyl sites for hydroxylation is 1. The van der Waals surface area contributed by atoms with Crippen molar-refractivity contribution < 1.29 is 19.1 Å². The Bertz CT molecular complexity index is 468. The molecule has 21 heavy (non-hydrogen) atoms. The van der Waals surface area contributed by atoms with Crippen LogP contribution in [0.1, 0.15) is 56.0 Å². The van der Waals surface area contributed by atoms with Crippen LogP contribution < -0.4 is 0 Å². The molecule has 0 aliphatic heterocycles. The maximum absolute atomic E-state index is 12.2. The average Bonchev–Trinajstić information content (AvgIpc) is 2.45. The molecule has 4 nitrogen and oxygen atoms in total. The zero-order chi connectivity index (χ0) is 15.7. The number of esters is 2. The number of unbranched alkanes of at least 4 members (excludes halogenated alkanes) is 1. The fourth-order valence-corrected chi connectivity index (χ4v) is 2.05. The summed E-state index contributed by atoms with van der Waals surface area (Å²) in [4.78, 5) is 23.6. The highest BCUT2D eigenvalue weighted by molar-refractivity contribution is 5.91. The summed E-state index contributed by atoms with van der Waals surface area (Å²) in [6.07, 6.45) is 2.55. The van der Waals surface area contributed by atoms with Crippen LogP contribution in [0.4, 0.5) is 0 Å². The van der Waals surface area contributed by atoms with Gasteiger partial charge in [0.1, 0.15) is 6.10 Å². The van der Waals surface area contributed by atoms with Gasteiger partial charge in [-0.2, -0.15) is 0 Å². The van der Waals surface area contributed by atoms with Gasteiger partial charge < -0.3 is 9.47 Å². The van der Waals surface area contributed by atoms with E-state index >= 15 is 0 Å². The Balaban J connectivity index is 2.64. The molecule has 1 unspecified atom stereocenters. The number of ether oxygens (including phenoxy) is 2. The smallest absolute Gasteiger partial charge is 0.338 e. The Labute approximate surface area is 126 Å². The molecule has 4 heteroatoms. The molecule has 0 aliphatic rings. The molecule has 0 aliphatic carbocycles. The van der Waals surface area contributed by atoms with E-state index < -0.39 is 6.10 Å². The lowest BCUT2D eigenvalue weighted by Crippen LogP contribution is -2.20. The normalized spacial score (nSPS) is 11.8. The molecule has 0 saturated heterocycles. The Kier molecular flexibility index (Phi) is 7.51. The van der Waals surface area contributed by atoms with Crippen molar-refractivity contribution in [1.29, 1.82) is 0 Å². The van der Waals surface area contributed by atoms with E-state index in [-0.39, 0.29) is 18.4 Å². The average molecular weight is 292 g/mol. The van der Waals surface area contributed by atoms with Gasteiger partial charge in [-0.25, -0.2) is 4.79 Å². The van der Waals surface area contributed by atoms with Crippen LogP contribution in [0.5, 0.6) is 0 Å². The van der Waals surface area contributed by atoms with E-state index in [0.29, 0.717) is 12.2 Å². The third-order valence-electron chi connectivity index (χ3n) is 3.10. The molecule has 0 radical (unpaired) electrons. The first-order chi connectivity index (χ1) is 10.1. The summed E-state index contributed by atoms with van der Waals surface area (Å²) in [6.45, 7) is 5.89. The third kappa shape index (κ3) is 5.98. The van der Waals surface area contributed by atoms with Crippen molar-refractivity contribution in [2.24, 2.45) is 0 Å². The van der Waals surface area contributed by atoms with Crippen molar-refractivity contribution in [2.75, 3.05) is 6.61 Å². The zero-order valence-corrected chi connectivity index (χ0v) is 13.1. The van der Waals surface area contributed by atoms with Gasteiger partial charge >= 0.3 is 11.9 Å². The van der Waals surface area contributed by atoms with Crippen molar-refractivity contribution >= 4 is 11.9 Å². The summed E-state index contributed by atoms with van der Waals surface area (Å²) in [5.41, 5.74) is 1.58. The first kappa shape index (κ1) is 17.2. The Hall–Kier alpha value is -1.84. The fourth-order valence-electron chi connectivity index (χ4n) is 2.05. The van der Waals surface area contributed by atoms with Crippen molar-refractivity contribution in [3.63, 3.8) is 0 Å². The van der Waals surface area contributed by atoms with Gasteiger partial charge in [0.25, 0.3) is 0 Å². The lowest BCUT2D eigenvalue weighted by atomic mass is 10.0. The lowest BCUT2D eigenvalue weighted by molar-refractivity contribution is -0.145. The zero-order valence-electron chi connectivity index (χ0n) is 13.1. The molecule has 1 rings (SSSR count). The number of benzene rings is 1. The number of hydrogen-bond donors (Lipinski definition) is 0. The van der Waals surface area contributed by atoms with Gasteiger partial charge in [0.05, 0.1) is 18.6 Å². The molecule has 0 saturated carbocycles. The fraction of sp³-hybridized carbons (Fsp3) is 0.529. The molecule has 0 N–H and O–H groups in total. The molecule has 1 aromatic rings. The van der Waals surface area contributed by atoms with Crippen molar-refractivity contribution in [2.45, 2.75) is 52.6 Å². The van der Waals surface area contributed by atoms with Crippen molar-refractivity contribution in [1.82, 2.24) is 0 Å². The molecule has 1 atom stereocenters. The first-order valence-corrected chi connectivity index (χ1v) is 7.53. The lowest BCUT2D eigenvalue weighted by Gasteiger charge is -2.14. The molecule has 0 aromatic heterocycles. The Morgan fingerprint density at radius 1 is 1.19 bits per heavy atom. The largest absolute Gasteiger partial charge is 0.466 e. The highest BCUT2D eigenvalue weighted by Crippen LogP contribution is 2.15. The standard InChI is InChI=1S/C17H24O4/c1-4-6-9-14-10-7-8-11-15(14)17(19)21-13(3)12-16(18)20-5-2/h7-8,10-11,13H,4-6,9,12H2,1-3H3. The highest BCUT2D eigenvalue weighted by Gasteiger charge is 2.18. The van der Waals surface area contributed by atoms with E-state index in [9.17, 15) is 9.59 Å². The molecule has 1 aromatic carbocycles. The van der Waals surface area contributed by atoms with E-state index in [1.165, 1.54) is 0 Å². The topological polar surface area (TPSA) is 52.6 Å². The second-order valence-electron chi connectivity index (χ2n) is 4.99. The van der Waals surface area contributed by atoms with Gasteiger partial charge in [-0.1, -0.05) is 31.5 Å². The molecule has 0 amide bonds.